The molecule has 4 nitrogen and oxygen atoms in total. The van der Waals surface area contributed by atoms with Crippen LogP contribution in [0.15, 0.2) is 0 Å². The van der Waals surface area contributed by atoms with Crippen LogP contribution in [-0.4, -0.2) is 49.7 Å². The molecule has 1 aliphatic heterocycles. The van der Waals surface area contributed by atoms with Crippen LogP contribution in [0.3, 0.4) is 0 Å². The van der Waals surface area contributed by atoms with Gasteiger partial charge < -0.3 is 10.1 Å². The van der Waals surface area contributed by atoms with Crippen LogP contribution in [-0.2, 0) is 9.53 Å². The van der Waals surface area contributed by atoms with Crippen LogP contribution in [0.1, 0.15) is 46.5 Å². The highest BCUT2D eigenvalue weighted by molar-refractivity contribution is 5.76. The summed E-state index contributed by atoms with van der Waals surface area (Å²) in [5, 5.41) is 3.35. The van der Waals surface area contributed by atoms with Gasteiger partial charge in [0.05, 0.1) is 13.2 Å². The predicted octanol–water partition coefficient (Wildman–Crippen LogP) is 2.04. The van der Waals surface area contributed by atoms with Crippen LogP contribution >= 0.6 is 0 Å². The number of carbonyl (C=O) groups is 1. The quantitative estimate of drug-likeness (QED) is 0.863. The minimum Gasteiger partial charge on any atom is -0.379 e. The number of fused-ring (bicyclic) bond motifs is 2. The summed E-state index contributed by atoms with van der Waals surface area (Å²) in [6.45, 7) is 11.6. The summed E-state index contributed by atoms with van der Waals surface area (Å²) in [5.41, 5.74) is 0.654. The van der Waals surface area contributed by atoms with Crippen LogP contribution in [0.5, 0.6) is 0 Å². The van der Waals surface area contributed by atoms with Gasteiger partial charge in [-0.15, -0.1) is 0 Å². The third-order valence-electron chi connectivity index (χ3n) is 6.89. The zero-order chi connectivity index (χ0) is 15.1. The molecule has 0 aromatic carbocycles. The van der Waals surface area contributed by atoms with Crippen molar-refractivity contribution in [2.45, 2.75) is 52.5 Å². The second-order valence-electron chi connectivity index (χ2n) is 7.93. The topological polar surface area (TPSA) is 41.6 Å². The van der Waals surface area contributed by atoms with E-state index in [-0.39, 0.29) is 11.3 Å². The van der Waals surface area contributed by atoms with Crippen molar-refractivity contribution in [3.05, 3.63) is 0 Å². The number of nitrogens with zero attached hydrogens (tertiary/aromatic N) is 1. The number of rotatable bonds is 4. The van der Waals surface area contributed by atoms with Gasteiger partial charge in [0, 0.05) is 32.1 Å². The Hall–Kier alpha value is -0.610. The Morgan fingerprint density at radius 1 is 1.29 bits per heavy atom. The van der Waals surface area contributed by atoms with Crippen molar-refractivity contribution >= 4 is 5.91 Å². The monoisotopic (exact) mass is 294 g/mol. The highest BCUT2D eigenvalue weighted by Gasteiger charge is 2.61. The fourth-order valence-electron chi connectivity index (χ4n) is 4.77. The molecule has 1 N–H and O–H groups in total. The normalized spacial score (nSPS) is 38.6. The third-order valence-corrected chi connectivity index (χ3v) is 6.89. The number of amides is 1. The van der Waals surface area contributed by atoms with Crippen LogP contribution in [0.2, 0.25) is 0 Å². The molecule has 3 rings (SSSR count). The molecule has 120 valence electrons. The van der Waals surface area contributed by atoms with Crippen LogP contribution < -0.4 is 5.32 Å². The van der Waals surface area contributed by atoms with Crippen LogP contribution in [0.4, 0.5) is 0 Å². The molecular formula is C17H30N2O2. The van der Waals surface area contributed by atoms with Crippen LogP contribution in [0, 0.1) is 16.7 Å². The number of carbonyl (C=O) groups excluding carboxylic acids is 1. The Morgan fingerprint density at radius 3 is 2.57 bits per heavy atom. The molecule has 1 saturated heterocycles. The standard InChI is InChI=1S/C17H30N2O2/c1-16(2)13-4-6-17(16,3)14(12-13)18-15(20)5-7-19-8-10-21-11-9-19/h13-14H,4-12H2,1-3H3,(H,18,20)/t13-,14+,17-/m0/s1. The molecule has 1 heterocycles. The van der Waals surface area contributed by atoms with E-state index in [0.29, 0.717) is 17.9 Å². The SMILES string of the molecule is CC1(C)[C@H]2CC[C@@]1(C)[C@H](NC(=O)CCN1CCOCC1)C2. The number of morpholine rings is 1. The number of hydrogen-bond acceptors (Lipinski definition) is 3. The van der Waals surface area contributed by atoms with E-state index in [1.54, 1.807) is 0 Å². The molecule has 0 aromatic heterocycles. The van der Waals surface area contributed by atoms with Crippen LogP contribution in [0.25, 0.3) is 0 Å². The summed E-state index contributed by atoms with van der Waals surface area (Å²) in [6.07, 6.45) is 4.40. The van der Waals surface area contributed by atoms with E-state index in [2.05, 4.69) is 31.0 Å². The van der Waals surface area contributed by atoms with Gasteiger partial charge in [0.2, 0.25) is 5.91 Å². The van der Waals surface area contributed by atoms with Crippen molar-refractivity contribution in [3.8, 4) is 0 Å². The Labute approximate surface area is 128 Å². The fourth-order valence-corrected chi connectivity index (χ4v) is 4.77. The van der Waals surface area contributed by atoms with E-state index >= 15 is 0 Å². The van der Waals surface area contributed by atoms with Gasteiger partial charge in [-0.2, -0.15) is 0 Å². The molecule has 1 amide bonds. The second-order valence-corrected chi connectivity index (χ2v) is 7.93. The Morgan fingerprint density at radius 2 is 2.00 bits per heavy atom. The lowest BCUT2D eigenvalue weighted by Gasteiger charge is -2.39. The van der Waals surface area contributed by atoms with Gasteiger partial charge in [-0.05, 0) is 36.0 Å². The number of ether oxygens (including phenoxy) is 1. The zero-order valence-corrected chi connectivity index (χ0v) is 13.8. The maximum atomic E-state index is 12.3. The summed E-state index contributed by atoms with van der Waals surface area (Å²) in [6, 6.07) is 0.378. The minimum absolute atomic E-state index is 0.232. The van der Waals surface area contributed by atoms with Gasteiger partial charge in [0.1, 0.15) is 0 Å². The van der Waals surface area contributed by atoms with Gasteiger partial charge in [0.15, 0.2) is 0 Å². The van der Waals surface area contributed by atoms with E-state index in [9.17, 15) is 4.79 Å². The molecule has 0 radical (unpaired) electrons. The van der Waals surface area contributed by atoms with E-state index in [1.807, 2.05) is 0 Å². The molecular weight excluding hydrogens is 264 g/mol. The maximum absolute atomic E-state index is 12.3. The van der Waals surface area contributed by atoms with Crippen molar-refractivity contribution < 1.29 is 9.53 Å². The number of nitrogens with one attached hydrogen (secondary N) is 1. The van der Waals surface area contributed by atoms with Gasteiger partial charge in [-0.3, -0.25) is 9.69 Å². The first-order valence-corrected chi connectivity index (χ1v) is 8.53. The summed E-state index contributed by atoms with van der Waals surface area (Å²) in [4.78, 5) is 14.6. The smallest absolute Gasteiger partial charge is 0.221 e. The summed E-state index contributed by atoms with van der Waals surface area (Å²) in [5.74, 6) is 1.02. The molecule has 0 unspecified atom stereocenters. The summed E-state index contributed by atoms with van der Waals surface area (Å²) >= 11 is 0. The van der Waals surface area contributed by atoms with Gasteiger partial charge >= 0.3 is 0 Å². The predicted molar refractivity (Wildman–Crippen MR) is 83.0 cm³/mol. The average Bonchev–Trinajstić information content (AvgIpc) is 2.79. The largest absolute Gasteiger partial charge is 0.379 e. The first-order chi connectivity index (χ1) is 9.93. The Bertz CT molecular complexity index is 404. The van der Waals surface area contributed by atoms with Crippen molar-refractivity contribution in [1.29, 1.82) is 0 Å². The fraction of sp³-hybridized carbons (Fsp3) is 0.941. The number of hydrogen-bond donors (Lipinski definition) is 1. The third kappa shape index (κ3) is 2.61. The Kier molecular flexibility index (Phi) is 4.04. The first-order valence-electron chi connectivity index (χ1n) is 8.53. The van der Waals surface area contributed by atoms with Gasteiger partial charge in [0.25, 0.3) is 0 Å². The van der Waals surface area contributed by atoms with Crippen molar-refractivity contribution in [2.24, 2.45) is 16.7 Å². The first kappa shape index (κ1) is 15.3. The van der Waals surface area contributed by atoms with Gasteiger partial charge in [-0.1, -0.05) is 20.8 Å². The van der Waals surface area contributed by atoms with E-state index in [4.69, 9.17) is 4.74 Å². The van der Waals surface area contributed by atoms with Crippen molar-refractivity contribution in [3.63, 3.8) is 0 Å². The van der Waals surface area contributed by atoms with E-state index < -0.39 is 0 Å². The lowest BCUT2D eigenvalue weighted by Crippen LogP contribution is -2.47. The molecule has 2 saturated carbocycles. The highest BCUT2D eigenvalue weighted by atomic mass is 16.5. The lowest BCUT2D eigenvalue weighted by molar-refractivity contribution is -0.123. The van der Waals surface area contributed by atoms with Crippen molar-refractivity contribution in [2.75, 3.05) is 32.8 Å². The highest BCUT2D eigenvalue weighted by Crippen LogP contribution is 2.65. The Balaban J connectivity index is 1.49. The second kappa shape index (κ2) is 5.54. The molecule has 4 heteroatoms. The molecule has 3 aliphatic rings. The molecule has 3 atom stereocenters. The molecule has 3 fully saturated rings. The summed E-state index contributed by atoms with van der Waals surface area (Å²) < 4.78 is 5.34. The molecule has 0 aromatic rings. The molecule has 21 heavy (non-hydrogen) atoms. The summed E-state index contributed by atoms with van der Waals surface area (Å²) in [7, 11) is 0. The maximum Gasteiger partial charge on any atom is 0.221 e. The molecule has 0 spiro atoms. The molecule has 2 aliphatic carbocycles. The minimum atomic E-state index is 0.232. The zero-order valence-electron chi connectivity index (χ0n) is 13.8. The van der Waals surface area contributed by atoms with Crippen molar-refractivity contribution in [1.82, 2.24) is 10.2 Å². The molecule has 2 bridgehead atoms. The van der Waals surface area contributed by atoms with E-state index in [1.165, 1.54) is 19.3 Å². The van der Waals surface area contributed by atoms with Gasteiger partial charge in [-0.25, -0.2) is 0 Å². The average molecular weight is 294 g/mol. The lowest BCUT2D eigenvalue weighted by atomic mass is 9.69. The van der Waals surface area contributed by atoms with E-state index in [0.717, 1.165) is 38.8 Å².